The average molecular weight is 347 g/mol. The van der Waals surface area contributed by atoms with Crippen LogP contribution < -0.4 is 10.6 Å². The molecule has 0 bridgehead atoms. The number of hydrogen-bond acceptors (Lipinski definition) is 6. The number of aryl methyl sites for hydroxylation is 1. The van der Waals surface area contributed by atoms with E-state index < -0.39 is 0 Å². The molecule has 132 valence electrons. The van der Waals surface area contributed by atoms with Crippen LogP contribution in [0.2, 0.25) is 0 Å². The molecule has 1 aliphatic carbocycles. The van der Waals surface area contributed by atoms with E-state index >= 15 is 0 Å². The lowest BCUT2D eigenvalue weighted by molar-refractivity contribution is 0.462. The largest absolute Gasteiger partial charge is 0.367 e. The molecule has 0 atom stereocenters. The molecule has 2 heterocycles. The van der Waals surface area contributed by atoms with Crippen LogP contribution in [0.15, 0.2) is 30.6 Å². The van der Waals surface area contributed by atoms with E-state index in [2.05, 4.69) is 26.8 Å². The van der Waals surface area contributed by atoms with Gasteiger partial charge in [-0.15, -0.1) is 0 Å². The highest BCUT2D eigenvalue weighted by Gasteiger charge is 2.16. The molecule has 0 aliphatic heterocycles. The van der Waals surface area contributed by atoms with E-state index in [0.717, 1.165) is 35.2 Å². The normalized spacial score (nSPS) is 14.9. The van der Waals surface area contributed by atoms with Gasteiger partial charge in [0.1, 0.15) is 5.82 Å². The SMILES string of the molecule is Cn1cc(Nc2nc(NC3CCCCC3)c3cc(C#N)ccc3n2)cn1. The number of nitriles is 1. The van der Waals surface area contributed by atoms with Gasteiger partial charge >= 0.3 is 0 Å². The van der Waals surface area contributed by atoms with Gasteiger partial charge in [-0.3, -0.25) is 4.68 Å². The number of nitrogens with one attached hydrogen (secondary N) is 2. The molecule has 1 saturated carbocycles. The Morgan fingerprint density at radius 3 is 2.77 bits per heavy atom. The van der Waals surface area contributed by atoms with Crippen LogP contribution in [0.25, 0.3) is 10.9 Å². The number of hydrogen-bond donors (Lipinski definition) is 2. The van der Waals surface area contributed by atoms with Gasteiger partial charge in [-0.05, 0) is 31.0 Å². The third kappa shape index (κ3) is 3.45. The van der Waals surface area contributed by atoms with Gasteiger partial charge in [0, 0.05) is 24.7 Å². The van der Waals surface area contributed by atoms with E-state index in [4.69, 9.17) is 4.98 Å². The highest BCUT2D eigenvalue weighted by molar-refractivity contribution is 5.91. The molecule has 7 nitrogen and oxygen atoms in total. The first-order valence-corrected chi connectivity index (χ1v) is 8.95. The van der Waals surface area contributed by atoms with E-state index in [1.807, 2.05) is 25.4 Å². The van der Waals surface area contributed by atoms with E-state index in [0.29, 0.717) is 17.6 Å². The van der Waals surface area contributed by atoms with E-state index in [1.54, 1.807) is 16.9 Å². The first-order chi connectivity index (χ1) is 12.7. The summed E-state index contributed by atoms with van der Waals surface area (Å²) in [4.78, 5) is 9.30. The Balaban J connectivity index is 1.72. The zero-order chi connectivity index (χ0) is 17.9. The van der Waals surface area contributed by atoms with Crippen LogP contribution in [0, 0.1) is 11.3 Å². The standard InChI is InChI=1S/C19H21N7/c1-26-12-15(11-21-26)23-19-24-17-8-7-13(10-20)9-16(17)18(25-19)22-14-5-3-2-4-6-14/h7-9,11-12,14H,2-6H2,1H3,(H2,22,23,24,25). The van der Waals surface area contributed by atoms with Crippen molar-refractivity contribution in [3.05, 3.63) is 36.2 Å². The quantitative estimate of drug-likeness (QED) is 0.747. The Labute approximate surface area is 152 Å². The minimum Gasteiger partial charge on any atom is -0.367 e. The minimum atomic E-state index is 0.416. The Hall–Kier alpha value is -3.14. The lowest BCUT2D eigenvalue weighted by Gasteiger charge is -2.24. The van der Waals surface area contributed by atoms with Gasteiger partial charge < -0.3 is 10.6 Å². The molecule has 7 heteroatoms. The molecule has 2 N–H and O–H groups in total. The molecule has 1 aromatic carbocycles. The van der Waals surface area contributed by atoms with Crippen molar-refractivity contribution in [1.82, 2.24) is 19.7 Å². The molecule has 1 aliphatic rings. The van der Waals surface area contributed by atoms with Crippen LogP contribution in [0.1, 0.15) is 37.7 Å². The summed E-state index contributed by atoms with van der Waals surface area (Å²) < 4.78 is 1.73. The second kappa shape index (κ2) is 7.00. The lowest BCUT2D eigenvalue weighted by atomic mass is 9.95. The molecular weight excluding hydrogens is 326 g/mol. The first kappa shape index (κ1) is 16.3. The highest BCUT2D eigenvalue weighted by Crippen LogP contribution is 2.28. The Morgan fingerprint density at radius 2 is 2.04 bits per heavy atom. The zero-order valence-corrected chi connectivity index (χ0v) is 14.7. The number of aromatic nitrogens is 4. The topological polar surface area (TPSA) is 91.5 Å². The predicted octanol–water partition coefficient (Wildman–Crippen LogP) is 3.72. The summed E-state index contributed by atoms with van der Waals surface area (Å²) in [5.74, 6) is 1.30. The number of nitrogens with zero attached hydrogens (tertiary/aromatic N) is 5. The molecule has 0 unspecified atom stereocenters. The predicted molar refractivity (Wildman–Crippen MR) is 101 cm³/mol. The second-order valence-electron chi connectivity index (χ2n) is 6.75. The van der Waals surface area contributed by atoms with Crippen molar-refractivity contribution in [1.29, 1.82) is 5.26 Å². The minimum absolute atomic E-state index is 0.416. The van der Waals surface area contributed by atoms with Crippen molar-refractivity contribution in [2.24, 2.45) is 7.05 Å². The Morgan fingerprint density at radius 1 is 1.19 bits per heavy atom. The molecule has 26 heavy (non-hydrogen) atoms. The van der Waals surface area contributed by atoms with Gasteiger partial charge in [0.05, 0.1) is 29.0 Å². The average Bonchev–Trinajstić information content (AvgIpc) is 3.07. The van der Waals surface area contributed by atoms with Crippen LogP contribution in [-0.4, -0.2) is 25.8 Å². The summed E-state index contributed by atoms with van der Waals surface area (Å²) in [6.07, 6.45) is 9.69. The smallest absolute Gasteiger partial charge is 0.229 e. The van der Waals surface area contributed by atoms with Crippen LogP contribution in [0.3, 0.4) is 0 Å². The lowest BCUT2D eigenvalue weighted by Crippen LogP contribution is -2.23. The number of rotatable bonds is 4. The van der Waals surface area contributed by atoms with Gasteiger partial charge in [0.2, 0.25) is 5.95 Å². The fourth-order valence-electron chi connectivity index (χ4n) is 3.42. The summed E-state index contributed by atoms with van der Waals surface area (Å²) >= 11 is 0. The molecule has 1 fully saturated rings. The molecular formula is C19H21N7. The maximum atomic E-state index is 9.23. The molecule has 0 spiro atoms. The molecule has 0 amide bonds. The maximum absolute atomic E-state index is 9.23. The molecule has 3 aromatic rings. The molecule has 0 radical (unpaired) electrons. The van der Waals surface area contributed by atoms with Gasteiger partial charge in [-0.25, -0.2) is 4.98 Å². The monoisotopic (exact) mass is 347 g/mol. The van der Waals surface area contributed by atoms with Gasteiger partial charge in [0.15, 0.2) is 0 Å². The second-order valence-corrected chi connectivity index (χ2v) is 6.75. The van der Waals surface area contributed by atoms with E-state index in [-0.39, 0.29) is 0 Å². The Bertz CT molecular complexity index is 964. The fraction of sp³-hybridized carbons (Fsp3) is 0.368. The number of fused-ring (bicyclic) bond motifs is 1. The molecule has 4 rings (SSSR count). The summed E-state index contributed by atoms with van der Waals surface area (Å²) in [6, 6.07) is 8.12. The van der Waals surface area contributed by atoms with Gasteiger partial charge in [-0.1, -0.05) is 19.3 Å². The third-order valence-electron chi connectivity index (χ3n) is 4.73. The van der Waals surface area contributed by atoms with Crippen LogP contribution in [0.4, 0.5) is 17.5 Å². The zero-order valence-electron chi connectivity index (χ0n) is 14.7. The van der Waals surface area contributed by atoms with Crippen LogP contribution in [-0.2, 0) is 7.05 Å². The van der Waals surface area contributed by atoms with Crippen molar-refractivity contribution in [3.8, 4) is 6.07 Å². The first-order valence-electron chi connectivity index (χ1n) is 8.95. The van der Waals surface area contributed by atoms with Gasteiger partial charge in [-0.2, -0.15) is 15.3 Å². The fourth-order valence-corrected chi connectivity index (χ4v) is 3.42. The number of anilines is 3. The maximum Gasteiger partial charge on any atom is 0.229 e. The van der Waals surface area contributed by atoms with Crippen LogP contribution in [0.5, 0.6) is 0 Å². The van der Waals surface area contributed by atoms with Crippen molar-refractivity contribution in [3.63, 3.8) is 0 Å². The highest BCUT2D eigenvalue weighted by atomic mass is 15.3. The summed E-state index contributed by atoms with van der Waals surface area (Å²) in [6.45, 7) is 0. The number of benzene rings is 1. The molecule has 0 saturated heterocycles. The summed E-state index contributed by atoms with van der Waals surface area (Å²) in [5, 5.41) is 21.1. The van der Waals surface area contributed by atoms with Crippen LogP contribution >= 0.6 is 0 Å². The van der Waals surface area contributed by atoms with Crippen molar-refractivity contribution in [2.75, 3.05) is 10.6 Å². The van der Waals surface area contributed by atoms with E-state index in [1.165, 1.54) is 19.3 Å². The van der Waals surface area contributed by atoms with Gasteiger partial charge in [0.25, 0.3) is 0 Å². The summed E-state index contributed by atoms with van der Waals surface area (Å²) in [5.41, 5.74) is 2.26. The van der Waals surface area contributed by atoms with Crippen molar-refractivity contribution in [2.45, 2.75) is 38.1 Å². The molecule has 2 aromatic heterocycles. The third-order valence-corrected chi connectivity index (χ3v) is 4.73. The van der Waals surface area contributed by atoms with Crippen molar-refractivity contribution < 1.29 is 0 Å². The summed E-state index contributed by atoms with van der Waals surface area (Å²) in [7, 11) is 1.87. The van der Waals surface area contributed by atoms with Crippen molar-refractivity contribution >= 4 is 28.4 Å². The van der Waals surface area contributed by atoms with E-state index in [9.17, 15) is 5.26 Å². The Kier molecular flexibility index (Phi) is 4.40.